The number of phenols is 1. The molecular formula is C16H19NO5S. The van der Waals surface area contributed by atoms with E-state index in [2.05, 4.69) is 4.72 Å². The van der Waals surface area contributed by atoms with Gasteiger partial charge in [-0.05, 0) is 31.2 Å². The number of anilines is 1. The highest BCUT2D eigenvalue weighted by molar-refractivity contribution is 7.92. The number of hydrogen-bond donors (Lipinski definition) is 2. The molecular weight excluding hydrogens is 318 g/mol. The fourth-order valence-corrected chi connectivity index (χ4v) is 3.14. The first-order valence-corrected chi connectivity index (χ1v) is 8.33. The molecule has 0 unspecified atom stereocenters. The predicted molar refractivity (Wildman–Crippen MR) is 86.9 cm³/mol. The van der Waals surface area contributed by atoms with Crippen LogP contribution in [0.5, 0.6) is 5.75 Å². The number of benzene rings is 2. The molecule has 0 atom stereocenters. The van der Waals surface area contributed by atoms with E-state index in [-0.39, 0.29) is 16.3 Å². The van der Waals surface area contributed by atoms with Crippen LogP contribution < -0.4 is 4.72 Å². The number of rotatable bonds is 6. The van der Waals surface area contributed by atoms with Gasteiger partial charge < -0.3 is 14.6 Å². The number of hydrogen-bond acceptors (Lipinski definition) is 5. The number of phenolic OH excluding ortho intramolecular Hbond substituents is 1. The van der Waals surface area contributed by atoms with Crippen LogP contribution in [0.3, 0.4) is 0 Å². The summed E-state index contributed by atoms with van der Waals surface area (Å²) in [6.07, 6.45) is -0.654. The van der Waals surface area contributed by atoms with Gasteiger partial charge in [0.2, 0.25) is 0 Å². The van der Waals surface area contributed by atoms with Gasteiger partial charge in [-0.1, -0.05) is 23.8 Å². The zero-order valence-corrected chi connectivity index (χ0v) is 13.9. The zero-order chi connectivity index (χ0) is 17.0. The third-order valence-corrected chi connectivity index (χ3v) is 4.68. The second-order valence-electron chi connectivity index (χ2n) is 5.00. The first kappa shape index (κ1) is 17.3. The molecule has 2 aromatic rings. The summed E-state index contributed by atoms with van der Waals surface area (Å²) in [5.74, 6) is -0.185. The molecule has 2 rings (SSSR count). The van der Waals surface area contributed by atoms with Crippen LogP contribution in [0.2, 0.25) is 0 Å². The van der Waals surface area contributed by atoms with E-state index in [1.165, 1.54) is 38.5 Å². The lowest BCUT2D eigenvalue weighted by molar-refractivity contribution is -0.105. The van der Waals surface area contributed by atoms with Gasteiger partial charge in [-0.2, -0.15) is 0 Å². The largest absolute Gasteiger partial charge is 0.506 e. The minimum atomic E-state index is -3.80. The molecule has 0 saturated carbocycles. The average Bonchev–Trinajstić information content (AvgIpc) is 2.52. The molecule has 0 aliphatic rings. The van der Waals surface area contributed by atoms with Gasteiger partial charge in [-0.3, -0.25) is 4.72 Å². The summed E-state index contributed by atoms with van der Waals surface area (Å²) in [6, 6.07) is 10.9. The van der Waals surface area contributed by atoms with Crippen molar-refractivity contribution in [2.45, 2.75) is 18.1 Å². The van der Waals surface area contributed by atoms with Gasteiger partial charge in [0.1, 0.15) is 5.75 Å². The molecule has 6 nitrogen and oxygen atoms in total. The number of ether oxygens (including phenoxy) is 2. The Bertz CT molecular complexity index is 768. The molecule has 0 saturated heterocycles. The summed E-state index contributed by atoms with van der Waals surface area (Å²) in [7, 11) is -0.861. The molecule has 0 bridgehead atoms. The molecule has 124 valence electrons. The van der Waals surface area contributed by atoms with Crippen LogP contribution in [0.1, 0.15) is 17.4 Å². The Morgan fingerprint density at radius 1 is 1.04 bits per heavy atom. The zero-order valence-electron chi connectivity index (χ0n) is 13.1. The van der Waals surface area contributed by atoms with Crippen molar-refractivity contribution in [1.82, 2.24) is 0 Å². The lowest BCUT2D eigenvalue weighted by Crippen LogP contribution is -2.13. The van der Waals surface area contributed by atoms with Crippen LogP contribution in [0.4, 0.5) is 5.69 Å². The van der Waals surface area contributed by atoms with Crippen molar-refractivity contribution in [2.75, 3.05) is 18.9 Å². The molecule has 0 aliphatic carbocycles. The summed E-state index contributed by atoms with van der Waals surface area (Å²) in [4.78, 5) is 0.114. The summed E-state index contributed by atoms with van der Waals surface area (Å²) in [6.45, 7) is 1.87. The van der Waals surface area contributed by atoms with Crippen molar-refractivity contribution in [3.05, 3.63) is 53.6 Å². The summed E-state index contributed by atoms with van der Waals surface area (Å²) >= 11 is 0. The van der Waals surface area contributed by atoms with Crippen LogP contribution in [-0.2, 0) is 19.5 Å². The average molecular weight is 337 g/mol. The molecule has 2 N–H and O–H groups in total. The highest BCUT2D eigenvalue weighted by Crippen LogP contribution is 2.30. The molecule has 0 amide bonds. The van der Waals surface area contributed by atoms with E-state index in [9.17, 15) is 13.5 Å². The topological polar surface area (TPSA) is 84.9 Å². The van der Waals surface area contributed by atoms with E-state index in [1.807, 2.05) is 6.92 Å². The van der Waals surface area contributed by atoms with Gasteiger partial charge >= 0.3 is 0 Å². The Kier molecular flexibility index (Phi) is 5.25. The summed E-state index contributed by atoms with van der Waals surface area (Å²) in [5, 5.41) is 9.91. The first-order valence-electron chi connectivity index (χ1n) is 6.85. The monoisotopic (exact) mass is 337 g/mol. The van der Waals surface area contributed by atoms with E-state index in [1.54, 1.807) is 18.2 Å². The number of sulfonamides is 1. The second kappa shape index (κ2) is 6.99. The Balaban J connectivity index is 2.35. The van der Waals surface area contributed by atoms with E-state index in [0.717, 1.165) is 5.56 Å². The Hall–Kier alpha value is -2.09. The Morgan fingerprint density at radius 2 is 1.65 bits per heavy atom. The molecule has 0 fully saturated rings. The van der Waals surface area contributed by atoms with Crippen LogP contribution in [0.15, 0.2) is 47.4 Å². The predicted octanol–water partition coefficient (Wildman–Crippen LogP) is 2.79. The molecule has 0 aromatic heterocycles. The summed E-state index contributed by atoms with van der Waals surface area (Å²) < 4.78 is 37.4. The second-order valence-corrected chi connectivity index (χ2v) is 6.68. The molecule has 23 heavy (non-hydrogen) atoms. The minimum Gasteiger partial charge on any atom is -0.506 e. The van der Waals surface area contributed by atoms with Gasteiger partial charge in [-0.15, -0.1) is 0 Å². The van der Waals surface area contributed by atoms with E-state index in [0.29, 0.717) is 5.56 Å². The highest BCUT2D eigenvalue weighted by atomic mass is 32.2. The lowest BCUT2D eigenvalue weighted by Gasteiger charge is -2.16. The Morgan fingerprint density at radius 3 is 2.22 bits per heavy atom. The number of aryl methyl sites for hydroxylation is 1. The van der Waals surface area contributed by atoms with E-state index < -0.39 is 16.3 Å². The quantitative estimate of drug-likeness (QED) is 0.625. The molecule has 2 aromatic carbocycles. The summed E-state index contributed by atoms with van der Waals surface area (Å²) in [5.41, 5.74) is 1.59. The van der Waals surface area contributed by atoms with Gasteiger partial charge in [0.25, 0.3) is 10.0 Å². The normalized spacial score (nSPS) is 11.7. The highest BCUT2D eigenvalue weighted by Gasteiger charge is 2.18. The maximum atomic E-state index is 12.4. The van der Waals surface area contributed by atoms with E-state index >= 15 is 0 Å². The molecule has 0 aliphatic heterocycles. The van der Waals surface area contributed by atoms with Crippen LogP contribution in [0, 0.1) is 6.92 Å². The van der Waals surface area contributed by atoms with Crippen molar-refractivity contribution < 1.29 is 23.0 Å². The van der Waals surface area contributed by atoms with Crippen LogP contribution in [-0.4, -0.2) is 27.7 Å². The SMILES string of the molecule is COC(OC)c1ccc(O)c(NS(=O)(=O)c2ccc(C)cc2)c1. The van der Waals surface area contributed by atoms with Crippen molar-refractivity contribution in [1.29, 1.82) is 0 Å². The lowest BCUT2D eigenvalue weighted by atomic mass is 10.2. The number of aromatic hydroxyl groups is 1. The third kappa shape index (κ3) is 4.01. The van der Waals surface area contributed by atoms with Crippen LogP contribution in [0.25, 0.3) is 0 Å². The van der Waals surface area contributed by atoms with Crippen molar-refractivity contribution in [3.63, 3.8) is 0 Å². The number of nitrogens with one attached hydrogen (secondary N) is 1. The fourth-order valence-electron chi connectivity index (χ4n) is 2.07. The first-order chi connectivity index (χ1) is 10.9. The molecule has 0 radical (unpaired) electrons. The van der Waals surface area contributed by atoms with Crippen molar-refractivity contribution in [2.24, 2.45) is 0 Å². The standard InChI is InChI=1S/C16H19NO5S/c1-11-4-7-13(8-5-11)23(19,20)17-14-10-12(6-9-15(14)18)16(21-2)22-3/h4-10,16-18H,1-3H3. The van der Waals surface area contributed by atoms with Gasteiger partial charge in [-0.25, -0.2) is 8.42 Å². The molecule has 0 spiro atoms. The van der Waals surface area contributed by atoms with Crippen molar-refractivity contribution in [3.8, 4) is 5.75 Å². The maximum Gasteiger partial charge on any atom is 0.262 e. The Labute approximate surface area is 135 Å². The van der Waals surface area contributed by atoms with Gasteiger partial charge in [0.05, 0.1) is 10.6 Å². The smallest absolute Gasteiger partial charge is 0.262 e. The fraction of sp³-hybridized carbons (Fsp3) is 0.250. The van der Waals surface area contributed by atoms with Gasteiger partial charge in [0.15, 0.2) is 6.29 Å². The van der Waals surface area contributed by atoms with Crippen LogP contribution >= 0.6 is 0 Å². The maximum absolute atomic E-state index is 12.4. The number of methoxy groups -OCH3 is 2. The van der Waals surface area contributed by atoms with Crippen molar-refractivity contribution >= 4 is 15.7 Å². The van der Waals surface area contributed by atoms with Gasteiger partial charge in [0, 0.05) is 19.8 Å². The third-order valence-electron chi connectivity index (χ3n) is 3.30. The minimum absolute atomic E-state index is 0.0576. The molecule has 0 heterocycles. The molecule has 7 heteroatoms. The van der Waals surface area contributed by atoms with E-state index in [4.69, 9.17) is 9.47 Å².